The Morgan fingerprint density at radius 3 is 2.33 bits per heavy atom. The lowest BCUT2D eigenvalue weighted by atomic mass is 9.79. The van der Waals surface area contributed by atoms with Gasteiger partial charge in [0.1, 0.15) is 0 Å². The Hall–Kier alpha value is -1.84. The molecule has 0 atom stereocenters. The molecule has 1 amide bonds. The summed E-state index contributed by atoms with van der Waals surface area (Å²) in [6.45, 7) is 6.21. The first kappa shape index (κ1) is 17.2. The van der Waals surface area contributed by atoms with Crippen LogP contribution in [0.2, 0.25) is 0 Å². The minimum atomic E-state index is -0.938. The molecule has 0 aliphatic carbocycles. The van der Waals surface area contributed by atoms with E-state index in [0.29, 0.717) is 19.4 Å². The van der Waals surface area contributed by atoms with Crippen LogP contribution in [0.15, 0.2) is 24.3 Å². The quantitative estimate of drug-likeness (QED) is 0.774. The first-order chi connectivity index (χ1) is 9.95. The second kappa shape index (κ2) is 7.81. The average molecular weight is 291 g/mol. The van der Waals surface area contributed by atoms with Gasteiger partial charge in [-0.3, -0.25) is 9.59 Å². The van der Waals surface area contributed by atoms with Gasteiger partial charge in [-0.15, -0.1) is 0 Å². The lowest BCUT2D eigenvalue weighted by molar-refractivity contribution is -0.152. The Balaban J connectivity index is 2.51. The summed E-state index contributed by atoms with van der Waals surface area (Å²) in [5.41, 5.74) is 1.47. The van der Waals surface area contributed by atoms with Crippen LogP contribution in [0.3, 0.4) is 0 Å². The highest BCUT2D eigenvalue weighted by Gasteiger charge is 2.36. The van der Waals surface area contributed by atoms with Crippen molar-refractivity contribution in [1.29, 1.82) is 0 Å². The lowest BCUT2D eigenvalue weighted by Gasteiger charge is -2.25. The highest BCUT2D eigenvalue weighted by Crippen LogP contribution is 2.30. The van der Waals surface area contributed by atoms with Crippen LogP contribution in [0.5, 0.6) is 0 Å². The second-order valence-corrected chi connectivity index (χ2v) is 5.50. The largest absolute Gasteiger partial charge is 0.481 e. The molecule has 0 aliphatic heterocycles. The number of hydrogen-bond donors (Lipinski definition) is 2. The molecule has 0 bridgehead atoms. The number of benzene rings is 1. The second-order valence-electron chi connectivity index (χ2n) is 5.50. The van der Waals surface area contributed by atoms with Crippen molar-refractivity contribution in [2.75, 3.05) is 6.54 Å². The van der Waals surface area contributed by atoms with E-state index in [1.807, 2.05) is 45.0 Å². The summed E-state index contributed by atoms with van der Waals surface area (Å²) in [5, 5.41) is 12.2. The third-order valence-electron chi connectivity index (χ3n) is 4.28. The third kappa shape index (κ3) is 4.59. The van der Waals surface area contributed by atoms with E-state index in [0.717, 1.165) is 6.42 Å². The minimum Gasteiger partial charge on any atom is -0.481 e. The van der Waals surface area contributed by atoms with Crippen LogP contribution >= 0.6 is 0 Å². The zero-order valence-electron chi connectivity index (χ0n) is 13.1. The topological polar surface area (TPSA) is 66.4 Å². The maximum absolute atomic E-state index is 12.0. The van der Waals surface area contributed by atoms with Crippen LogP contribution < -0.4 is 5.32 Å². The van der Waals surface area contributed by atoms with E-state index in [1.54, 1.807) is 0 Å². The van der Waals surface area contributed by atoms with Gasteiger partial charge < -0.3 is 10.4 Å². The molecule has 1 rings (SSSR count). The van der Waals surface area contributed by atoms with E-state index in [2.05, 4.69) is 5.32 Å². The van der Waals surface area contributed by atoms with Gasteiger partial charge in [0.05, 0.1) is 5.41 Å². The van der Waals surface area contributed by atoms with Gasteiger partial charge in [0.25, 0.3) is 0 Å². The molecular weight excluding hydrogens is 266 g/mol. The molecule has 0 spiro atoms. The van der Waals surface area contributed by atoms with Crippen LogP contribution in [0.25, 0.3) is 0 Å². The monoisotopic (exact) mass is 291 g/mol. The Labute approximate surface area is 126 Å². The van der Waals surface area contributed by atoms with Crippen molar-refractivity contribution in [2.24, 2.45) is 5.41 Å². The van der Waals surface area contributed by atoms with Gasteiger partial charge in [-0.2, -0.15) is 0 Å². The molecule has 0 fully saturated rings. The van der Waals surface area contributed by atoms with Gasteiger partial charge in [-0.25, -0.2) is 0 Å². The molecule has 1 aromatic rings. The van der Waals surface area contributed by atoms with Crippen molar-refractivity contribution in [1.82, 2.24) is 5.32 Å². The average Bonchev–Trinajstić information content (AvgIpc) is 2.46. The van der Waals surface area contributed by atoms with E-state index in [-0.39, 0.29) is 12.3 Å². The summed E-state index contributed by atoms with van der Waals surface area (Å²) in [6, 6.07) is 8.05. The molecule has 0 heterocycles. The number of aryl methyl sites for hydroxylation is 1. The fourth-order valence-electron chi connectivity index (χ4n) is 2.48. The fourth-order valence-corrected chi connectivity index (χ4v) is 2.48. The molecule has 0 radical (unpaired) electrons. The highest BCUT2D eigenvalue weighted by molar-refractivity contribution is 5.84. The first-order valence-electron chi connectivity index (χ1n) is 7.49. The van der Waals surface area contributed by atoms with Crippen molar-refractivity contribution in [3.05, 3.63) is 35.4 Å². The maximum atomic E-state index is 12.0. The Morgan fingerprint density at radius 2 is 1.81 bits per heavy atom. The van der Waals surface area contributed by atoms with Crippen LogP contribution in [-0.2, 0) is 16.0 Å². The first-order valence-corrected chi connectivity index (χ1v) is 7.49. The SMILES string of the molecule is CCC(CC)(CC(=O)NCCc1ccccc1C)C(=O)O. The Morgan fingerprint density at radius 1 is 1.19 bits per heavy atom. The van der Waals surface area contributed by atoms with Gasteiger partial charge >= 0.3 is 5.97 Å². The van der Waals surface area contributed by atoms with Crippen LogP contribution in [0.1, 0.15) is 44.2 Å². The van der Waals surface area contributed by atoms with Gasteiger partial charge in [0, 0.05) is 13.0 Å². The van der Waals surface area contributed by atoms with E-state index < -0.39 is 11.4 Å². The van der Waals surface area contributed by atoms with Crippen molar-refractivity contribution < 1.29 is 14.7 Å². The van der Waals surface area contributed by atoms with Crippen molar-refractivity contribution >= 4 is 11.9 Å². The summed E-state index contributed by atoms with van der Waals surface area (Å²) < 4.78 is 0. The summed E-state index contributed by atoms with van der Waals surface area (Å²) in [5.74, 6) is -1.07. The number of carbonyl (C=O) groups excluding carboxylic acids is 1. The van der Waals surface area contributed by atoms with Gasteiger partial charge in [0.2, 0.25) is 5.91 Å². The van der Waals surface area contributed by atoms with Crippen LogP contribution in [-0.4, -0.2) is 23.5 Å². The molecule has 0 saturated heterocycles. The fraction of sp³-hybridized carbons (Fsp3) is 0.529. The predicted octanol–water partition coefficient (Wildman–Crippen LogP) is 2.93. The molecule has 4 nitrogen and oxygen atoms in total. The summed E-state index contributed by atoms with van der Waals surface area (Å²) in [7, 11) is 0. The molecule has 0 saturated carbocycles. The summed E-state index contributed by atoms with van der Waals surface area (Å²) in [4.78, 5) is 23.4. The normalized spacial score (nSPS) is 11.2. The number of carbonyl (C=O) groups is 2. The third-order valence-corrected chi connectivity index (χ3v) is 4.28. The van der Waals surface area contributed by atoms with Gasteiger partial charge in [0.15, 0.2) is 0 Å². The zero-order valence-corrected chi connectivity index (χ0v) is 13.1. The predicted molar refractivity (Wildman–Crippen MR) is 83.2 cm³/mol. The van der Waals surface area contributed by atoms with E-state index in [9.17, 15) is 14.7 Å². The molecule has 0 aliphatic rings. The van der Waals surface area contributed by atoms with Crippen molar-refractivity contribution in [3.63, 3.8) is 0 Å². The van der Waals surface area contributed by atoms with Crippen LogP contribution in [0.4, 0.5) is 0 Å². The van der Waals surface area contributed by atoms with E-state index in [1.165, 1.54) is 11.1 Å². The molecular formula is C17H25NO3. The molecule has 1 aromatic carbocycles. The van der Waals surface area contributed by atoms with E-state index >= 15 is 0 Å². The molecule has 21 heavy (non-hydrogen) atoms. The van der Waals surface area contributed by atoms with Crippen molar-refractivity contribution in [2.45, 2.75) is 46.5 Å². The minimum absolute atomic E-state index is 0.0447. The van der Waals surface area contributed by atoms with Gasteiger partial charge in [-0.1, -0.05) is 38.1 Å². The van der Waals surface area contributed by atoms with Crippen molar-refractivity contribution in [3.8, 4) is 0 Å². The molecule has 4 heteroatoms. The standard InChI is InChI=1S/C17H25NO3/c1-4-17(5-2,16(20)21)12-15(19)18-11-10-14-9-7-6-8-13(14)3/h6-9H,4-5,10-12H2,1-3H3,(H,18,19)(H,20,21). The molecule has 2 N–H and O–H groups in total. The number of hydrogen-bond acceptors (Lipinski definition) is 2. The molecule has 116 valence electrons. The summed E-state index contributed by atoms with van der Waals surface area (Å²) >= 11 is 0. The Kier molecular flexibility index (Phi) is 6.40. The number of amides is 1. The van der Waals surface area contributed by atoms with Crippen LogP contribution in [0, 0.1) is 12.3 Å². The molecule has 0 unspecified atom stereocenters. The lowest BCUT2D eigenvalue weighted by Crippen LogP contribution is -2.37. The highest BCUT2D eigenvalue weighted by atomic mass is 16.4. The van der Waals surface area contributed by atoms with Gasteiger partial charge in [-0.05, 0) is 37.3 Å². The Bertz CT molecular complexity index is 493. The summed E-state index contributed by atoms with van der Waals surface area (Å²) in [6.07, 6.45) is 1.73. The zero-order chi connectivity index (χ0) is 15.9. The number of nitrogens with one attached hydrogen (secondary N) is 1. The smallest absolute Gasteiger partial charge is 0.310 e. The maximum Gasteiger partial charge on any atom is 0.310 e. The molecule has 0 aromatic heterocycles. The number of carboxylic acids is 1. The number of rotatable bonds is 8. The number of carboxylic acid groups (broad SMARTS) is 1. The number of aliphatic carboxylic acids is 1. The van der Waals surface area contributed by atoms with E-state index in [4.69, 9.17) is 0 Å².